The number of nitrogens with two attached hydrogens (primary N) is 1. The summed E-state index contributed by atoms with van der Waals surface area (Å²) in [5.74, 6) is -0.269. The lowest BCUT2D eigenvalue weighted by Gasteiger charge is -2.40. The van der Waals surface area contributed by atoms with Crippen LogP contribution in [0.25, 0.3) is 0 Å². The first-order valence-electron chi connectivity index (χ1n) is 6.35. The lowest BCUT2D eigenvalue weighted by atomic mass is 9.87. The van der Waals surface area contributed by atoms with Gasteiger partial charge in [-0.3, -0.25) is 9.78 Å². The van der Waals surface area contributed by atoms with Gasteiger partial charge in [0.15, 0.2) is 0 Å². The number of carbonyl (C=O) groups excluding carboxylic acids is 1. The van der Waals surface area contributed by atoms with Crippen LogP contribution in [0.15, 0.2) is 18.5 Å². The number of likely N-dealkylation sites (tertiary alicyclic amines) is 1. The molecule has 1 aromatic heterocycles. The zero-order chi connectivity index (χ0) is 14.8. The molecular weight excluding hydrogens is 296 g/mol. The fraction of sp³-hybridized carbons (Fsp3) is 0.462. The van der Waals surface area contributed by atoms with Gasteiger partial charge in [0, 0.05) is 25.5 Å². The molecule has 0 radical (unpaired) electrons. The number of piperidine rings is 1. The Hall–Kier alpha value is -1.24. The zero-order valence-corrected chi connectivity index (χ0v) is 12.8. The van der Waals surface area contributed by atoms with E-state index in [1.807, 2.05) is 7.05 Å². The SMILES string of the molecule is CN1CCC(NC(=O)c2ccncc2Cl)(C(N)=S)CC1. The van der Waals surface area contributed by atoms with Crippen molar-refractivity contribution in [2.75, 3.05) is 20.1 Å². The topological polar surface area (TPSA) is 71.2 Å². The van der Waals surface area contributed by atoms with Crippen molar-refractivity contribution in [2.45, 2.75) is 18.4 Å². The molecule has 1 aromatic rings. The van der Waals surface area contributed by atoms with Crippen LogP contribution in [0, 0.1) is 0 Å². The summed E-state index contributed by atoms with van der Waals surface area (Å²) in [6.45, 7) is 1.67. The number of rotatable bonds is 3. The van der Waals surface area contributed by atoms with Gasteiger partial charge in [-0.05, 0) is 26.0 Å². The van der Waals surface area contributed by atoms with Crippen LogP contribution in [-0.2, 0) is 0 Å². The van der Waals surface area contributed by atoms with E-state index in [1.165, 1.54) is 12.4 Å². The second-order valence-electron chi connectivity index (χ2n) is 5.06. The number of nitrogens with one attached hydrogen (secondary N) is 1. The minimum Gasteiger partial charge on any atom is -0.391 e. The Morgan fingerprint density at radius 2 is 2.20 bits per heavy atom. The first-order valence-corrected chi connectivity index (χ1v) is 7.14. The van der Waals surface area contributed by atoms with Crippen LogP contribution in [0.4, 0.5) is 0 Å². The molecule has 7 heteroatoms. The maximum Gasteiger partial charge on any atom is 0.253 e. The highest BCUT2D eigenvalue weighted by atomic mass is 35.5. The van der Waals surface area contributed by atoms with Gasteiger partial charge in [0.1, 0.15) is 0 Å². The molecule has 1 aliphatic rings. The summed E-state index contributed by atoms with van der Waals surface area (Å²) in [5, 5.41) is 3.28. The summed E-state index contributed by atoms with van der Waals surface area (Å²) in [6.07, 6.45) is 4.38. The molecule has 1 fully saturated rings. The van der Waals surface area contributed by atoms with Crippen LogP contribution in [0.2, 0.25) is 5.02 Å². The average molecular weight is 313 g/mol. The molecule has 2 rings (SSSR count). The molecule has 1 amide bonds. The molecule has 0 bridgehead atoms. The molecule has 3 N–H and O–H groups in total. The Morgan fingerprint density at radius 1 is 1.55 bits per heavy atom. The van der Waals surface area contributed by atoms with E-state index in [9.17, 15) is 4.79 Å². The summed E-state index contributed by atoms with van der Waals surface area (Å²) in [4.78, 5) is 18.7. The van der Waals surface area contributed by atoms with Crippen molar-refractivity contribution in [1.29, 1.82) is 0 Å². The van der Waals surface area contributed by atoms with Gasteiger partial charge in [-0.1, -0.05) is 23.8 Å². The Morgan fingerprint density at radius 3 is 2.75 bits per heavy atom. The van der Waals surface area contributed by atoms with E-state index < -0.39 is 5.54 Å². The molecule has 0 aliphatic carbocycles. The minimum absolute atomic E-state index is 0.269. The fourth-order valence-electron chi connectivity index (χ4n) is 2.28. The Kier molecular flexibility index (Phi) is 4.57. The third-order valence-electron chi connectivity index (χ3n) is 3.68. The molecule has 108 valence electrons. The number of carbonyl (C=O) groups is 1. The summed E-state index contributed by atoms with van der Waals surface area (Å²) < 4.78 is 0. The van der Waals surface area contributed by atoms with Gasteiger partial charge < -0.3 is 16.0 Å². The molecule has 5 nitrogen and oxygen atoms in total. The molecule has 20 heavy (non-hydrogen) atoms. The molecule has 2 heterocycles. The first-order chi connectivity index (χ1) is 9.44. The normalized spacial score (nSPS) is 18.5. The van der Waals surface area contributed by atoms with Crippen molar-refractivity contribution in [1.82, 2.24) is 15.2 Å². The Balaban J connectivity index is 2.19. The Labute approximate surface area is 128 Å². The molecule has 0 spiro atoms. The van der Waals surface area contributed by atoms with E-state index in [2.05, 4.69) is 15.2 Å². The van der Waals surface area contributed by atoms with E-state index in [0.717, 1.165) is 13.1 Å². The van der Waals surface area contributed by atoms with Crippen molar-refractivity contribution >= 4 is 34.7 Å². The largest absolute Gasteiger partial charge is 0.391 e. The van der Waals surface area contributed by atoms with E-state index in [4.69, 9.17) is 29.6 Å². The third kappa shape index (κ3) is 3.08. The van der Waals surface area contributed by atoms with Crippen molar-refractivity contribution in [3.05, 3.63) is 29.0 Å². The second-order valence-corrected chi connectivity index (χ2v) is 5.91. The predicted molar refractivity (Wildman–Crippen MR) is 83.0 cm³/mol. The van der Waals surface area contributed by atoms with Crippen molar-refractivity contribution in [3.8, 4) is 0 Å². The minimum atomic E-state index is -0.633. The van der Waals surface area contributed by atoms with Gasteiger partial charge in [0.2, 0.25) is 0 Å². The van der Waals surface area contributed by atoms with Crippen LogP contribution in [0.3, 0.4) is 0 Å². The van der Waals surface area contributed by atoms with Crippen LogP contribution < -0.4 is 11.1 Å². The number of hydrogen-bond donors (Lipinski definition) is 2. The summed E-state index contributed by atoms with van der Waals surface area (Å²) >= 11 is 11.2. The van der Waals surface area contributed by atoms with E-state index in [1.54, 1.807) is 6.07 Å². The van der Waals surface area contributed by atoms with Gasteiger partial charge in [-0.15, -0.1) is 0 Å². The monoisotopic (exact) mass is 312 g/mol. The number of aromatic nitrogens is 1. The standard InChI is InChI=1S/C13H17ClN4OS/c1-18-6-3-13(4-7-18,12(15)20)17-11(19)9-2-5-16-8-10(9)14/h2,5,8H,3-4,6-7H2,1H3,(H2,15,20)(H,17,19). The first kappa shape index (κ1) is 15.2. The fourth-order valence-corrected chi connectivity index (χ4v) is 2.74. The maximum absolute atomic E-state index is 12.4. The lowest BCUT2D eigenvalue weighted by Crippen LogP contribution is -2.61. The number of halogens is 1. The van der Waals surface area contributed by atoms with Crippen LogP contribution in [-0.4, -0.2) is 46.5 Å². The van der Waals surface area contributed by atoms with Gasteiger partial charge in [0.25, 0.3) is 5.91 Å². The highest BCUT2D eigenvalue weighted by Gasteiger charge is 2.38. The summed E-state index contributed by atoms with van der Waals surface area (Å²) in [6, 6.07) is 1.58. The highest BCUT2D eigenvalue weighted by Crippen LogP contribution is 2.24. The van der Waals surface area contributed by atoms with Gasteiger partial charge in [-0.2, -0.15) is 0 Å². The van der Waals surface area contributed by atoms with E-state index in [-0.39, 0.29) is 5.91 Å². The third-order valence-corrected chi connectivity index (χ3v) is 4.37. The smallest absolute Gasteiger partial charge is 0.253 e. The number of hydrogen-bond acceptors (Lipinski definition) is 4. The maximum atomic E-state index is 12.4. The van der Waals surface area contributed by atoms with Crippen molar-refractivity contribution < 1.29 is 4.79 Å². The van der Waals surface area contributed by atoms with Gasteiger partial charge >= 0.3 is 0 Å². The summed E-state index contributed by atoms with van der Waals surface area (Å²) in [7, 11) is 2.03. The average Bonchev–Trinajstić information content (AvgIpc) is 2.41. The van der Waals surface area contributed by atoms with Crippen molar-refractivity contribution in [3.63, 3.8) is 0 Å². The number of nitrogens with zero attached hydrogens (tertiary/aromatic N) is 2. The molecule has 0 aromatic carbocycles. The molecule has 1 saturated heterocycles. The molecular formula is C13H17ClN4OS. The predicted octanol–water partition coefficient (Wildman–Crippen LogP) is 1.22. The number of pyridine rings is 1. The lowest BCUT2D eigenvalue weighted by molar-refractivity contribution is 0.0890. The van der Waals surface area contributed by atoms with Gasteiger partial charge in [-0.25, -0.2) is 0 Å². The van der Waals surface area contributed by atoms with Crippen LogP contribution in [0.1, 0.15) is 23.2 Å². The molecule has 0 atom stereocenters. The number of amides is 1. The molecule has 1 aliphatic heterocycles. The highest BCUT2D eigenvalue weighted by molar-refractivity contribution is 7.80. The number of thiocarbonyl (C=S) groups is 1. The molecule has 0 saturated carbocycles. The van der Waals surface area contributed by atoms with Crippen LogP contribution in [0.5, 0.6) is 0 Å². The van der Waals surface area contributed by atoms with Crippen LogP contribution >= 0.6 is 23.8 Å². The molecule has 0 unspecified atom stereocenters. The van der Waals surface area contributed by atoms with E-state index in [0.29, 0.717) is 28.4 Å². The Bertz CT molecular complexity index is 529. The van der Waals surface area contributed by atoms with E-state index >= 15 is 0 Å². The van der Waals surface area contributed by atoms with Gasteiger partial charge in [0.05, 0.1) is 21.1 Å². The quantitative estimate of drug-likeness (QED) is 0.821. The van der Waals surface area contributed by atoms with Crippen molar-refractivity contribution in [2.24, 2.45) is 5.73 Å². The summed E-state index contributed by atoms with van der Waals surface area (Å²) in [5.41, 5.74) is 5.62. The second kappa shape index (κ2) is 6.03. The zero-order valence-electron chi connectivity index (χ0n) is 11.2.